The molecule has 0 spiro atoms. The summed E-state index contributed by atoms with van der Waals surface area (Å²) in [6, 6.07) is 0. The molecule has 0 aromatic carbocycles. The second-order valence-electron chi connectivity index (χ2n) is 7.88. The number of aliphatic hydroxyl groups excluding tert-OH is 2. The van der Waals surface area contributed by atoms with E-state index < -0.39 is 58.3 Å². The lowest BCUT2D eigenvalue weighted by molar-refractivity contribution is -0.137. The fourth-order valence-corrected chi connectivity index (χ4v) is 5.22. The van der Waals surface area contributed by atoms with E-state index in [0.29, 0.717) is 19.3 Å². The van der Waals surface area contributed by atoms with Gasteiger partial charge in [0.25, 0.3) is 5.56 Å². The van der Waals surface area contributed by atoms with E-state index in [0.717, 1.165) is 4.68 Å². The van der Waals surface area contributed by atoms with Crippen LogP contribution in [0, 0.1) is 0 Å². The molecule has 2 aromatic heterocycles. The predicted octanol–water partition coefficient (Wildman–Crippen LogP) is -1.27. The van der Waals surface area contributed by atoms with Crippen molar-refractivity contribution in [2.24, 2.45) is 0 Å². The average Bonchev–Trinajstić information content (AvgIpc) is 3.22. The standard InChI is InChI=1S/C16H25N5O13P2/c17-16-18-13-10(14(26)19-16)7(4-2-1-3-5-9(22)23)20-21(13)15-12(25)11(24)8(33-15)6-32-36(30,31)34-35(27,28)29/h8,11-12,15,24-25H,1-6H2,(H,22,23)(H,30,31)(H2,27,28,29)(H3,17,18,19,26)/t8-,11-,12-,15-/m1/s1. The number of phosphoric acid groups is 2. The van der Waals surface area contributed by atoms with Crippen molar-refractivity contribution in [2.75, 3.05) is 12.3 Å². The summed E-state index contributed by atoms with van der Waals surface area (Å²) in [5, 5.41) is 33.9. The highest BCUT2D eigenvalue weighted by atomic mass is 31.3. The molecule has 0 amide bonds. The SMILES string of the molecule is Nc1nc2c(c(CCCCCC(=O)O)nn2[C@@H]2O[C@H](COP(=O)(O)OP(=O)(O)O)[C@@H](O)[C@H]2O)c(=O)[nH]1. The topological polar surface area (TPSA) is 290 Å². The second-order valence-corrected chi connectivity index (χ2v) is 10.7. The Balaban J connectivity index is 1.82. The van der Waals surface area contributed by atoms with Crippen molar-refractivity contribution in [3.8, 4) is 0 Å². The lowest BCUT2D eigenvalue weighted by Gasteiger charge is -2.17. The van der Waals surface area contributed by atoms with E-state index in [4.69, 9.17) is 25.4 Å². The van der Waals surface area contributed by atoms with Gasteiger partial charge in [-0.1, -0.05) is 6.42 Å². The first-order chi connectivity index (χ1) is 16.7. The van der Waals surface area contributed by atoms with Crippen molar-refractivity contribution in [3.05, 3.63) is 16.0 Å². The Morgan fingerprint density at radius 2 is 1.86 bits per heavy atom. The molecule has 0 bridgehead atoms. The zero-order chi connectivity index (χ0) is 26.8. The first-order valence-electron chi connectivity index (χ1n) is 10.4. The van der Waals surface area contributed by atoms with E-state index in [1.54, 1.807) is 0 Å². The molecule has 9 N–H and O–H groups in total. The number of nitrogens with two attached hydrogens (primary N) is 1. The number of fused-ring (bicyclic) bond motifs is 1. The van der Waals surface area contributed by atoms with Gasteiger partial charge < -0.3 is 40.5 Å². The molecular weight excluding hydrogens is 532 g/mol. The average molecular weight is 557 g/mol. The van der Waals surface area contributed by atoms with Crippen molar-refractivity contribution in [3.63, 3.8) is 0 Å². The molecule has 0 radical (unpaired) electrons. The molecule has 5 atom stereocenters. The molecule has 20 heteroatoms. The number of unbranched alkanes of at least 4 members (excludes halogenated alkanes) is 2. The van der Waals surface area contributed by atoms with Gasteiger partial charge in [-0.05, 0) is 19.3 Å². The third kappa shape index (κ3) is 6.95. The molecule has 1 aliphatic heterocycles. The van der Waals surface area contributed by atoms with Crippen LogP contribution in [0.5, 0.6) is 0 Å². The molecule has 0 saturated carbocycles. The summed E-state index contributed by atoms with van der Waals surface area (Å²) in [5.41, 5.74) is 5.15. The third-order valence-corrected chi connectivity index (χ3v) is 7.30. The van der Waals surface area contributed by atoms with Gasteiger partial charge in [0, 0.05) is 6.42 Å². The third-order valence-electron chi connectivity index (χ3n) is 5.15. The van der Waals surface area contributed by atoms with E-state index in [9.17, 15) is 33.8 Å². The Morgan fingerprint density at radius 3 is 2.50 bits per heavy atom. The Labute approximate surface area is 201 Å². The first kappa shape index (κ1) is 28.3. The highest BCUT2D eigenvalue weighted by molar-refractivity contribution is 7.60. The number of aliphatic hydroxyl groups is 2. The van der Waals surface area contributed by atoms with Gasteiger partial charge in [-0.25, -0.2) is 13.8 Å². The second kappa shape index (κ2) is 11.0. The maximum Gasteiger partial charge on any atom is 0.481 e. The summed E-state index contributed by atoms with van der Waals surface area (Å²) in [5.74, 6) is -1.21. The monoisotopic (exact) mass is 557 g/mol. The number of anilines is 1. The van der Waals surface area contributed by atoms with Crippen LogP contribution in [0.1, 0.15) is 37.6 Å². The zero-order valence-electron chi connectivity index (χ0n) is 18.4. The molecule has 18 nitrogen and oxygen atoms in total. The maximum absolute atomic E-state index is 12.5. The Kier molecular flexibility index (Phi) is 8.67. The van der Waals surface area contributed by atoms with Crippen molar-refractivity contribution >= 4 is 38.6 Å². The van der Waals surface area contributed by atoms with Crippen molar-refractivity contribution < 1.29 is 57.5 Å². The summed E-state index contributed by atoms with van der Waals surface area (Å²) in [6.45, 7) is -0.922. The molecule has 3 heterocycles. The Bertz CT molecular complexity index is 1260. The summed E-state index contributed by atoms with van der Waals surface area (Å²) in [6.07, 6.45) is -4.73. The summed E-state index contributed by atoms with van der Waals surface area (Å²) in [7, 11) is -10.6. The number of nitrogens with zero attached hydrogens (tertiary/aromatic N) is 3. The van der Waals surface area contributed by atoms with Crippen LogP contribution in [0.25, 0.3) is 11.0 Å². The number of aromatic nitrogens is 4. The molecule has 202 valence electrons. The van der Waals surface area contributed by atoms with Crippen LogP contribution in [0.4, 0.5) is 5.95 Å². The number of nitrogen functional groups attached to an aromatic ring is 1. The number of aryl methyl sites for hydroxylation is 1. The number of phosphoric ester groups is 1. The van der Waals surface area contributed by atoms with Crippen LogP contribution in [-0.4, -0.2) is 80.6 Å². The van der Waals surface area contributed by atoms with Gasteiger partial charge in [0.15, 0.2) is 11.9 Å². The van der Waals surface area contributed by atoms with Gasteiger partial charge in [-0.2, -0.15) is 14.4 Å². The fourth-order valence-electron chi connectivity index (χ4n) is 3.62. The van der Waals surface area contributed by atoms with Crippen molar-refractivity contribution in [2.45, 2.75) is 56.6 Å². The fraction of sp³-hybridized carbons (Fsp3) is 0.625. The summed E-state index contributed by atoms with van der Waals surface area (Å²) >= 11 is 0. The quantitative estimate of drug-likeness (QED) is 0.111. The van der Waals surface area contributed by atoms with E-state index >= 15 is 0 Å². The molecule has 1 aliphatic rings. The van der Waals surface area contributed by atoms with Gasteiger partial charge in [-0.3, -0.25) is 19.1 Å². The Hall–Kier alpha value is -2.24. The van der Waals surface area contributed by atoms with E-state index in [1.165, 1.54) is 0 Å². The van der Waals surface area contributed by atoms with Gasteiger partial charge >= 0.3 is 21.6 Å². The Morgan fingerprint density at radius 1 is 1.17 bits per heavy atom. The molecule has 1 saturated heterocycles. The number of hydrogen-bond acceptors (Lipinski definition) is 12. The minimum atomic E-state index is -5.38. The first-order valence-corrected chi connectivity index (χ1v) is 13.5. The predicted molar refractivity (Wildman–Crippen MR) is 117 cm³/mol. The van der Waals surface area contributed by atoms with Crippen molar-refractivity contribution in [1.29, 1.82) is 0 Å². The highest BCUT2D eigenvalue weighted by Gasteiger charge is 2.46. The van der Waals surface area contributed by atoms with Gasteiger partial charge in [0.1, 0.15) is 23.7 Å². The summed E-state index contributed by atoms with van der Waals surface area (Å²) in [4.78, 5) is 56.3. The van der Waals surface area contributed by atoms with E-state index in [1.807, 2.05) is 0 Å². The number of rotatable bonds is 12. The van der Waals surface area contributed by atoms with Crippen LogP contribution >= 0.6 is 15.6 Å². The largest absolute Gasteiger partial charge is 0.481 e. The van der Waals surface area contributed by atoms with Gasteiger partial charge in [0.05, 0.1) is 12.3 Å². The van der Waals surface area contributed by atoms with E-state index in [2.05, 4.69) is 23.9 Å². The zero-order valence-corrected chi connectivity index (χ0v) is 20.2. The molecular formula is C16H25N5O13P2. The molecule has 0 aliphatic carbocycles. The number of hydrogen-bond donors (Lipinski definition) is 8. The number of carbonyl (C=O) groups is 1. The number of carboxylic acids is 1. The number of nitrogens with one attached hydrogen (secondary N) is 1. The van der Waals surface area contributed by atoms with Crippen LogP contribution in [0.2, 0.25) is 0 Å². The lowest BCUT2D eigenvalue weighted by atomic mass is 10.1. The smallest absolute Gasteiger partial charge is 0.481 e. The molecule has 1 fully saturated rings. The van der Waals surface area contributed by atoms with Crippen LogP contribution in [0.3, 0.4) is 0 Å². The van der Waals surface area contributed by atoms with Gasteiger partial charge in [-0.15, -0.1) is 0 Å². The van der Waals surface area contributed by atoms with Crippen molar-refractivity contribution in [1.82, 2.24) is 19.7 Å². The number of H-pyrrole nitrogens is 1. The molecule has 1 unspecified atom stereocenters. The van der Waals surface area contributed by atoms with Gasteiger partial charge in [0.2, 0.25) is 5.95 Å². The maximum atomic E-state index is 12.5. The molecule has 2 aromatic rings. The highest BCUT2D eigenvalue weighted by Crippen LogP contribution is 2.57. The van der Waals surface area contributed by atoms with Crippen LogP contribution in [-0.2, 0) is 33.9 Å². The number of ether oxygens (including phenoxy) is 1. The molecule has 3 rings (SSSR count). The minimum Gasteiger partial charge on any atom is -0.481 e. The lowest BCUT2D eigenvalue weighted by Crippen LogP contribution is -2.33. The number of aliphatic carboxylic acids is 1. The number of aromatic amines is 1. The number of carboxylic acid groups (broad SMARTS) is 1. The normalized spacial score (nSPS) is 24.2. The van der Waals surface area contributed by atoms with E-state index in [-0.39, 0.29) is 35.5 Å². The summed E-state index contributed by atoms with van der Waals surface area (Å²) < 4.78 is 37.1. The van der Waals surface area contributed by atoms with Crippen LogP contribution < -0.4 is 11.3 Å². The van der Waals surface area contributed by atoms with Crippen LogP contribution in [0.15, 0.2) is 4.79 Å². The molecule has 36 heavy (non-hydrogen) atoms. The minimum absolute atomic E-state index is 0.0166.